The Balaban J connectivity index is 0.000000129. The van der Waals surface area contributed by atoms with Crippen molar-refractivity contribution >= 4 is 131 Å². The van der Waals surface area contributed by atoms with Gasteiger partial charge < -0.3 is 9.47 Å². The fourth-order valence-electron chi connectivity index (χ4n) is 18.9. The second-order valence-electron chi connectivity index (χ2n) is 33.2. The molecule has 0 saturated heterocycles. The number of hydrogen-bond acceptors (Lipinski definition) is 4. The first-order chi connectivity index (χ1) is 67.0. The molecular formula is C117H60F12N8S. The van der Waals surface area contributed by atoms with Crippen LogP contribution in [-0.2, 0) is 5.41 Å². The van der Waals surface area contributed by atoms with Gasteiger partial charge in [0.1, 0.15) is 41.0 Å². The van der Waals surface area contributed by atoms with Gasteiger partial charge in [0.25, 0.3) is 11.4 Å². The summed E-state index contributed by atoms with van der Waals surface area (Å²) in [5.41, 5.74) is 0.937. The second-order valence-corrected chi connectivity index (χ2v) is 34.2. The summed E-state index contributed by atoms with van der Waals surface area (Å²) in [6.45, 7) is 33.0. The van der Waals surface area contributed by atoms with Gasteiger partial charge in [-0.05, 0) is 201 Å². The molecule has 0 amide bonds. The lowest BCUT2D eigenvalue weighted by molar-refractivity contribution is 0.447. The topological polar surface area (TPSA) is 73.2 Å². The maximum Gasteiger partial charge on any atom is 0.262 e. The van der Waals surface area contributed by atoms with Crippen LogP contribution in [0.15, 0.2) is 344 Å². The van der Waals surface area contributed by atoms with E-state index in [1.165, 1.54) is 147 Å². The van der Waals surface area contributed by atoms with Gasteiger partial charge >= 0.3 is 0 Å². The molecule has 18 aromatic carbocycles. The molecule has 138 heavy (non-hydrogen) atoms. The van der Waals surface area contributed by atoms with E-state index in [0.29, 0.717) is 0 Å². The summed E-state index contributed by atoms with van der Waals surface area (Å²) in [6.07, 6.45) is 0. The average molecular weight is 1840 g/mol. The predicted molar refractivity (Wildman–Crippen MR) is 522 cm³/mol. The van der Waals surface area contributed by atoms with E-state index in [-0.39, 0.29) is 5.41 Å². The molecule has 0 atom stereocenters. The van der Waals surface area contributed by atoms with E-state index in [2.05, 4.69) is 370 Å². The molecule has 20 aromatic rings. The smallest absolute Gasteiger partial charge is 0.262 e. The zero-order valence-electron chi connectivity index (χ0n) is 72.2. The van der Waals surface area contributed by atoms with Crippen molar-refractivity contribution in [2.45, 2.75) is 19.3 Å². The van der Waals surface area contributed by atoms with Gasteiger partial charge in [-0.3, -0.25) is 0 Å². The Morgan fingerprint density at radius 3 is 1.29 bits per heavy atom. The Bertz CT molecular complexity index is 8620. The molecule has 658 valence electrons. The lowest BCUT2D eigenvalue weighted by atomic mass is 9.82. The van der Waals surface area contributed by atoms with Crippen LogP contribution in [0.2, 0.25) is 0 Å². The lowest BCUT2D eigenvalue weighted by Gasteiger charge is -2.28. The third-order valence-electron chi connectivity index (χ3n) is 25.4. The Hall–Kier alpha value is -18.1. The Morgan fingerprint density at radius 2 is 0.725 bits per heavy atom. The Kier molecular flexibility index (Phi) is 22.4. The molecule has 0 aliphatic heterocycles. The maximum atomic E-state index is 15.1. The van der Waals surface area contributed by atoms with Crippen LogP contribution in [0.3, 0.4) is 0 Å². The maximum absolute atomic E-state index is 15.1. The van der Waals surface area contributed by atoms with E-state index in [1.807, 2.05) is 11.3 Å². The standard InChI is InChI=1S/C51H38N2.C36H22S.C30F12N6/c1-51(2)47-19-11-9-17-43(47)44-31-30-42(34-48(44)51)52(40-26-21-36(22-27-40)35-13-5-3-6-14-35)41-28-23-37(24-29-41)38-25-32-50-46(33-38)45-18-10-12-20-49(45)53(50)39-15-7-4-8-16-39;1-2-13-29-27(11-1)28-12-3-4-14-30(28)34-22-24(19-20-31(29)34)23-9-7-10-25(21-23)26-16-8-17-33-32-15-5-6-18-35(32)37-36(26)33;1-45-27(13-19(35)23(39)29(47-3)24(40)20(13)36)11-9(7(5-43)10-17(33)15(31)8(6-44)16(32)18(10)34)12(11)28(46-2)14-21(37)25(41)30(48-4)26(42)22(14)38/h3-34H,1-2H3;1-22H;. The van der Waals surface area contributed by atoms with Gasteiger partial charge in [0.15, 0.2) is 46.5 Å². The third kappa shape index (κ3) is 14.4. The van der Waals surface area contributed by atoms with Crippen LogP contribution < -0.4 is 4.90 Å². The molecule has 1 fully saturated rings. The van der Waals surface area contributed by atoms with Crippen molar-refractivity contribution in [2.75, 3.05) is 4.90 Å². The van der Waals surface area contributed by atoms with Gasteiger partial charge in [-0.1, -0.05) is 257 Å². The highest BCUT2D eigenvalue weighted by Crippen LogP contribution is 2.60. The van der Waals surface area contributed by atoms with Crippen molar-refractivity contribution in [3.63, 3.8) is 0 Å². The van der Waals surface area contributed by atoms with Gasteiger partial charge in [-0.25, -0.2) is 72.1 Å². The predicted octanol–water partition coefficient (Wildman–Crippen LogP) is 34.0. The van der Waals surface area contributed by atoms with Crippen LogP contribution in [0.5, 0.6) is 0 Å². The third-order valence-corrected chi connectivity index (χ3v) is 26.6. The van der Waals surface area contributed by atoms with Crippen molar-refractivity contribution in [2.24, 2.45) is 0 Å². The molecular weight excluding hydrogens is 1780 g/mol. The Morgan fingerprint density at radius 1 is 0.319 bits per heavy atom. The molecule has 2 aromatic heterocycles. The van der Waals surface area contributed by atoms with Gasteiger partial charge in [0.2, 0.25) is 11.4 Å². The zero-order valence-corrected chi connectivity index (χ0v) is 73.0. The number of rotatable bonds is 11. The summed E-state index contributed by atoms with van der Waals surface area (Å²) in [5, 5.41) is 31.7. The first-order valence-electron chi connectivity index (χ1n) is 42.9. The molecule has 22 rings (SSSR count). The normalized spacial score (nSPS) is 12.9. The number of hydrogen-bond donors (Lipinski definition) is 0. The van der Waals surface area contributed by atoms with Gasteiger partial charge in [-0.2, -0.15) is 10.5 Å². The van der Waals surface area contributed by atoms with Crippen LogP contribution in [0.25, 0.3) is 172 Å². The number of allylic oxidation sites excluding steroid dienone is 4. The molecule has 0 N–H and O–H groups in total. The number of halogens is 12. The van der Waals surface area contributed by atoms with E-state index >= 15 is 26.3 Å². The summed E-state index contributed by atoms with van der Waals surface area (Å²) in [4.78, 5) is 12.1. The molecule has 2 aliphatic carbocycles. The number of nitrogens with zero attached hydrogens (tertiary/aromatic N) is 8. The summed E-state index contributed by atoms with van der Waals surface area (Å²) in [5.74, 6) is -29.6. The largest absolute Gasteiger partial charge is 0.310 e. The molecule has 8 nitrogen and oxygen atoms in total. The molecule has 0 radical (unpaired) electrons. The minimum atomic E-state index is -2.51. The first kappa shape index (κ1) is 87.8. The number of benzene rings is 18. The molecule has 21 heteroatoms. The summed E-state index contributed by atoms with van der Waals surface area (Å²) in [6, 6.07) is 121. The van der Waals surface area contributed by atoms with E-state index in [9.17, 15) is 31.6 Å². The summed E-state index contributed by atoms with van der Waals surface area (Å²) in [7, 11) is 0. The Labute approximate surface area is 784 Å². The van der Waals surface area contributed by atoms with E-state index in [0.717, 1.165) is 29.2 Å². The van der Waals surface area contributed by atoms with Crippen LogP contribution in [-0.4, -0.2) is 4.57 Å². The average Bonchev–Trinajstić information content (AvgIpc) is 1.53. The van der Waals surface area contributed by atoms with Crippen molar-refractivity contribution in [1.29, 1.82) is 10.5 Å². The molecule has 2 aliphatic rings. The van der Waals surface area contributed by atoms with Gasteiger partial charge in [-0.15, -0.1) is 11.3 Å². The minimum Gasteiger partial charge on any atom is -0.310 e. The molecule has 2 heterocycles. The molecule has 0 bridgehead atoms. The van der Waals surface area contributed by atoms with Gasteiger partial charge in [0, 0.05) is 59.1 Å². The number of nitriles is 2. The highest BCUT2D eigenvalue weighted by atomic mass is 32.1. The molecule has 0 spiro atoms. The summed E-state index contributed by atoms with van der Waals surface area (Å²) < 4.78 is 183. The highest BCUT2D eigenvalue weighted by Gasteiger charge is 2.47. The van der Waals surface area contributed by atoms with Crippen molar-refractivity contribution < 1.29 is 52.7 Å². The number of fused-ring (bicyclic) bond motifs is 15. The number of para-hydroxylation sites is 2. The highest BCUT2D eigenvalue weighted by molar-refractivity contribution is 7.26. The second kappa shape index (κ2) is 35.1. The van der Waals surface area contributed by atoms with Crippen molar-refractivity contribution in [1.82, 2.24) is 4.57 Å². The fraction of sp³-hybridized carbons (Fsp3) is 0.0256. The monoisotopic (exact) mass is 1840 g/mol. The first-order valence-corrected chi connectivity index (χ1v) is 43.7. The van der Waals surface area contributed by atoms with E-state index in [1.54, 1.807) is 0 Å². The van der Waals surface area contributed by atoms with Gasteiger partial charge in [0.05, 0.1) is 59.6 Å². The number of thiophene rings is 1. The van der Waals surface area contributed by atoms with Crippen LogP contribution in [0, 0.1) is 119 Å². The molecule has 0 unspecified atom stereocenters. The van der Waals surface area contributed by atoms with Crippen molar-refractivity contribution in [3.8, 4) is 73.5 Å². The zero-order chi connectivity index (χ0) is 96.0. The molecule has 1 saturated carbocycles. The minimum absolute atomic E-state index is 0.0864. The van der Waals surface area contributed by atoms with E-state index < -0.39 is 137 Å². The van der Waals surface area contributed by atoms with Crippen LogP contribution >= 0.6 is 11.3 Å². The fourth-order valence-corrected chi connectivity index (χ4v) is 20.1. The quantitative estimate of drug-likeness (QED) is 0.0426. The number of aromatic nitrogens is 1. The van der Waals surface area contributed by atoms with Crippen LogP contribution in [0.4, 0.5) is 81.1 Å². The van der Waals surface area contributed by atoms with Crippen molar-refractivity contribution in [3.05, 3.63) is 493 Å². The number of anilines is 3. The SMILES string of the molecule is CC1(C)c2ccccc2-c2ccc(N(c3ccc(-c4ccccc4)cc3)c3ccc(-c4ccc5c(c4)c4ccccc4n5-c4ccccc4)cc3)cc21.[C-]#[N+]C(=C1C(=C(C#N)c2c(F)c(F)c(C#N)c(F)c2F)C1=C([N+]#[C-])c1c(F)c(F)c([N+]#[C-])c(F)c1F)c1c(F)c(F)c([N+]#[C-])c(F)c1F.c1cc(-c2ccc3c4ccccc4c4ccccc4c3c2)cc(-c2cccc3c2sc2ccccc23)c1. The van der Waals surface area contributed by atoms with Crippen LogP contribution in [0.1, 0.15) is 47.2 Å². The van der Waals surface area contributed by atoms with E-state index in [4.69, 9.17) is 31.6 Å². The summed E-state index contributed by atoms with van der Waals surface area (Å²) >= 11 is 1.89. The lowest BCUT2D eigenvalue weighted by Crippen LogP contribution is -2.16.